The first-order valence-electron chi connectivity index (χ1n) is 9.18. The zero-order chi connectivity index (χ0) is 18.8. The van der Waals surface area contributed by atoms with Gasteiger partial charge in [0, 0.05) is 71.8 Å². The summed E-state index contributed by atoms with van der Waals surface area (Å²) < 4.78 is 0. The number of rotatable bonds is 4. The van der Waals surface area contributed by atoms with E-state index in [1.54, 1.807) is 18.5 Å². The Bertz CT molecular complexity index is 768. The zero-order valence-electron chi connectivity index (χ0n) is 15.7. The van der Waals surface area contributed by atoms with Gasteiger partial charge in [-0.2, -0.15) is 0 Å². The molecule has 0 spiro atoms. The summed E-state index contributed by atoms with van der Waals surface area (Å²) >= 11 is 0. The third kappa shape index (κ3) is 3.68. The number of piperazine rings is 1. The summed E-state index contributed by atoms with van der Waals surface area (Å²) in [5.74, 6) is 1.50. The molecule has 142 valence electrons. The van der Waals surface area contributed by atoms with Gasteiger partial charge >= 0.3 is 0 Å². The van der Waals surface area contributed by atoms with Crippen LogP contribution in [0.1, 0.15) is 10.5 Å². The summed E-state index contributed by atoms with van der Waals surface area (Å²) in [7, 11) is 3.80. The molecule has 0 N–H and O–H groups in total. The van der Waals surface area contributed by atoms with Crippen LogP contribution < -0.4 is 9.80 Å². The van der Waals surface area contributed by atoms with E-state index in [1.807, 2.05) is 36.0 Å². The molecule has 0 bridgehead atoms. The summed E-state index contributed by atoms with van der Waals surface area (Å²) in [6, 6.07) is 5.82. The van der Waals surface area contributed by atoms with E-state index in [-0.39, 0.29) is 5.91 Å². The largest absolute Gasteiger partial charge is 0.361 e. The van der Waals surface area contributed by atoms with E-state index < -0.39 is 0 Å². The fourth-order valence-electron chi connectivity index (χ4n) is 3.43. The molecule has 1 amide bonds. The Morgan fingerprint density at radius 3 is 2.33 bits per heavy atom. The second kappa shape index (κ2) is 7.43. The van der Waals surface area contributed by atoms with Crippen LogP contribution in [0.25, 0.3) is 0 Å². The molecule has 0 aromatic carbocycles. The van der Waals surface area contributed by atoms with Crippen LogP contribution in [0.3, 0.4) is 0 Å². The minimum absolute atomic E-state index is 0.0413. The van der Waals surface area contributed by atoms with Crippen molar-refractivity contribution in [3.05, 3.63) is 36.3 Å². The molecular formula is C18H24N8O. The lowest BCUT2D eigenvalue weighted by atomic mass is 10.1. The van der Waals surface area contributed by atoms with Gasteiger partial charge in [0.1, 0.15) is 0 Å². The first kappa shape index (κ1) is 17.6. The Balaban J connectivity index is 1.27. The zero-order valence-corrected chi connectivity index (χ0v) is 15.7. The second-order valence-electron chi connectivity index (χ2n) is 7.11. The van der Waals surface area contributed by atoms with Crippen molar-refractivity contribution in [3.63, 3.8) is 0 Å². The van der Waals surface area contributed by atoms with Gasteiger partial charge in [-0.1, -0.05) is 0 Å². The lowest BCUT2D eigenvalue weighted by Gasteiger charge is -2.47. The Hall–Kier alpha value is -2.81. The maximum atomic E-state index is 12.5. The molecule has 2 fully saturated rings. The summed E-state index contributed by atoms with van der Waals surface area (Å²) in [6.45, 7) is 5.23. The van der Waals surface area contributed by atoms with Gasteiger partial charge in [-0.3, -0.25) is 9.69 Å². The Morgan fingerprint density at radius 2 is 1.74 bits per heavy atom. The van der Waals surface area contributed by atoms with Gasteiger partial charge in [-0.15, -0.1) is 10.2 Å². The quantitative estimate of drug-likeness (QED) is 0.745. The van der Waals surface area contributed by atoms with Crippen LogP contribution in [0.5, 0.6) is 0 Å². The average molecular weight is 368 g/mol. The SMILES string of the molecule is CN(C)c1ccc(C(=O)N2CC(N3CCN(c4ncccn4)CC3)C2)nn1. The molecule has 2 aliphatic heterocycles. The highest BCUT2D eigenvalue weighted by Crippen LogP contribution is 2.20. The number of carbonyl (C=O) groups excluding carboxylic acids is 1. The van der Waals surface area contributed by atoms with E-state index in [2.05, 4.69) is 30.0 Å². The van der Waals surface area contributed by atoms with Crippen molar-refractivity contribution in [1.29, 1.82) is 0 Å². The number of nitrogens with zero attached hydrogens (tertiary/aromatic N) is 8. The van der Waals surface area contributed by atoms with Crippen LogP contribution in [0.2, 0.25) is 0 Å². The van der Waals surface area contributed by atoms with Gasteiger partial charge in [0.2, 0.25) is 5.95 Å². The number of hydrogen-bond acceptors (Lipinski definition) is 8. The summed E-state index contributed by atoms with van der Waals surface area (Å²) in [5.41, 5.74) is 0.407. The predicted octanol–water partition coefficient (Wildman–Crippen LogP) is -0.0208. The number of aromatic nitrogens is 4. The lowest BCUT2D eigenvalue weighted by molar-refractivity contribution is 0.0240. The molecule has 27 heavy (non-hydrogen) atoms. The van der Waals surface area contributed by atoms with Crippen molar-refractivity contribution in [2.75, 3.05) is 63.2 Å². The third-order valence-corrected chi connectivity index (χ3v) is 5.14. The monoisotopic (exact) mass is 368 g/mol. The van der Waals surface area contributed by atoms with E-state index in [0.29, 0.717) is 11.7 Å². The van der Waals surface area contributed by atoms with Crippen LogP contribution >= 0.6 is 0 Å². The topological polar surface area (TPSA) is 81.6 Å². The molecule has 0 aliphatic carbocycles. The summed E-state index contributed by atoms with van der Waals surface area (Å²) in [5, 5.41) is 8.15. The lowest BCUT2D eigenvalue weighted by Crippen LogP contribution is -2.64. The van der Waals surface area contributed by atoms with Gasteiger partial charge in [0.15, 0.2) is 11.5 Å². The van der Waals surface area contributed by atoms with Crippen molar-refractivity contribution < 1.29 is 4.79 Å². The highest BCUT2D eigenvalue weighted by atomic mass is 16.2. The molecule has 2 aromatic rings. The third-order valence-electron chi connectivity index (χ3n) is 5.14. The first-order chi connectivity index (χ1) is 13.1. The smallest absolute Gasteiger partial charge is 0.274 e. The number of carbonyl (C=O) groups is 1. The molecule has 0 atom stereocenters. The fraction of sp³-hybridized carbons (Fsp3) is 0.500. The van der Waals surface area contributed by atoms with Gasteiger partial charge in [-0.05, 0) is 18.2 Å². The van der Waals surface area contributed by atoms with E-state index in [1.165, 1.54) is 0 Å². The molecule has 4 heterocycles. The van der Waals surface area contributed by atoms with Crippen LogP contribution in [0.4, 0.5) is 11.8 Å². The van der Waals surface area contributed by atoms with E-state index in [9.17, 15) is 4.79 Å². The summed E-state index contributed by atoms with van der Waals surface area (Å²) in [4.78, 5) is 29.5. The molecule has 9 nitrogen and oxygen atoms in total. The molecule has 0 unspecified atom stereocenters. The molecule has 2 aromatic heterocycles. The number of likely N-dealkylation sites (tertiary alicyclic amines) is 1. The predicted molar refractivity (Wildman–Crippen MR) is 102 cm³/mol. The van der Waals surface area contributed by atoms with E-state index >= 15 is 0 Å². The molecule has 0 radical (unpaired) electrons. The molecule has 2 aliphatic rings. The average Bonchev–Trinajstić information content (AvgIpc) is 2.68. The molecule has 2 saturated heterocycles. The minimum Gasteiger partial charge on any atom is -0.361 e. The molecule has 0 saturated carbocycles. The molecule has 9 heteroatoms. The number of amides is 1. The second-order valence-corrected chi connectivity index (χ2v) is 7.11. The maximum absolute atomic E-state index is 12.5. The van der Waals surface area contributed by atoms with Gasteiger partial charge in [-0.25, -0.2) is 9.97 Å². The first-order valence-corrected chi connectivity index (χ1v) is 9.18. The van der Waals surface area contributed by atoms with Crippen molar-refractivity contribution in [2.24, 2.45) is 0 Å². The number of anilines is 2. The van der Waals surface area contributed by atoms with Crippen LogP contribution in [-0.2, 0) is 0 Å². The maximum Gasteiger partial charge on any atom is 0.274 e. The Labute approximate surface area is 158 Å². The Morgan fingerprint density at radius 1 is 1.04 bits per heavy atom. The van der Waals surface area contributed by atoms with Gasteiger partial charge in [0.25, 0.3) is 5.91 Å². The van der Waals surface area contributed by atoms with E-state index in [4.69, 9.17) is 0 Å². The van der Waals surface area contributed by atoms with Gasteiger partial charge < -0.3 is 14.7 Å². The fourth-order valence-corrected chi connectivity index (χ4v) is 3.43. The highest BCUT2D eigenvalue weighted by Gasteiger charge is 2.37. The Kier molecular flexibility index (Phi) is 4.85. The molecule has 4 rings (SSSR count). The van der Waals surface area contributed by atoms with Gasteiger partial charge in [0.05, 0.1) is 0 Å². The number of hydrogen-bond donors (Lipinski definition) is 0. The van der Waals surface area contributed by atoms with Crippen LogP contribution in [-0.4, -0.2) is 95.3 Å². The van der Waals surface area contributed by atoms with Crippen molar-refractivity contribution in [2.45, 2.75) is 6.04 Å². The van der Waals surface area contributed by atoms with Crippen LogP contribution in [0.15, 0.2) is 30.6 Å². The summed E-state index contributed by atoms with van der Waals surface area (Å²) in [6.07, 6.45) is 3.55. The minimum atomic E-state index is -0.0413. The normalized spacial score (nSPS) is 18.3. The standard InChI is InChI=1S/C18H24N8O/c1-23(2)16-5-4-15(21-22-16)17(27)26-12-14(13-26)24-8-10-25(11-9-24)18-19-6-3-7-20-18/h3-7,14H,8-13H2,1-2H3. The van der Waals surface area contributed by atoms with E-state index in [0.717, 1.165) is 51.0 Å². The van der Waals surface area contributed by atoms with Crippen molar-refractivity contribution >= 4 is 17.7 Å². The van der Waals surface area contributed by atoms with Crippen molar-refractivity contribution in [1.82, 2.24) is 30.0 Å². The molecular weight excluding hydrogens is 344 g/mol. The van der Waals surface area contributed by atoms with Crippen molar-refractivity contribution in [3.8, 4) is 0 Å². The highest BCUT2D eigenvalue weighted by molar-refractivity contribution is 5.92. The van der Waals surface area contributed by atoms with Crippen LogP contribution in [0, 0.1) is 0 Å².